The van der Waals surface area contributed by atoms with E-state index < -0.39 is 0 Å². The molecule has 0 N–H and O–H groups in total. The molecule has 0 bridgehead atoms. The Hall–Kier alpha value is 0.0249. The highest BCUT2D eigenvalue weighted by atomic mass is 16.6. The molecule has 0 aromatic rings. The molecule has 1 fully saturated rings. The quantitative estimate of drug-likeness (QED) is 0.279. The SMILES string of the molecule is [BH3-][O+]1CCCC1. The van der Waals surface area contributed by atoms with Crippen molar-refractivity contribution in [3.8, 4) is 0 Å². The largest absolute Gasteiger partial charge is 0.678 e. The van der Waals surface area contributed by atoms with Crippen molar-refractivity contribution in [2.75, 3.05) is 13.2 Å². The minimum Gasteiger partial charge on any atom is -0.678 e. The summed E-state index contributed by atoms with van der Waals surface area (Å²) in [5.41, 5.74) is 0. The molecule has 0 aliphatic carbocycles. The highest BCUT2D eigenvalue weighted by Gasteiger charge is 2.03. The highest BCUT2D eigenvalue weighted by molar-refractivity contribution is 5.99. The maximum Gasteiger partial charge on any atom is 0.255 e. The first-order chi connectivity index (χ1) is 2.89. The third-order valence-corrected chi connectivity index (χ3v) is 0.827. The van der Waals surface area contributed by atoms with Gasteiger partial charge in [-0.1, -0.05) is 0 Å². The maximum atomic E-state index is 3.27. The van der Waals surface area contributed by atoms with E-state index in [-0.39, 0.29) is 0 Å². The summed E-state index contributed by atoms with van der Waals surface area (Å²) < 4.78 is 3.27. The lowest BCUT2D eigenvalue weighted by Gasteiger charge is -2.14. The van der Waals surface area contributed by atoms with E-state index >= 15 is 0 Å². The van der Waals surface area contributed by atoms with E-state index in [0.717, 1.165) is 0 Å². The monoisotopic (exact) mass is 86.1 g/mol. The number of hydrogen-bond donors (Lipinski definition) is 0. The van der Waals surface area contributed by atoms with E-state index in [0.29, 0.717) is 8.05 Å². The second kappa shape index (κ2) is 1.65. The Labute approximate surface area is 39.4 Å². The van der Waals surface area contributed by atoms with Crippen molar-refractivity contribution in [1.29, 1.82) is 0 Å². The van der Waals surface area contributed by atoms with Crippen molar-refractivity contribution in [2.24, 2.45) is 0 Å². The third-order valence-electron chi connectivity index (χ3n) is 0.827. The summed E-state index contributed by atoms with van der Waals surface area (Å²) in [6.45, 7) is 2.69. The fraction of sp³-hybridized carbons (Fsp3) is 1.00. The molecule has 1 heterocycles. The van der Waals surface area contributed by atoms with Crippen LogP contribution in [0.15, 0.2) is 0 Å². The fourth-order valence-corrected chi connectivity index (χ4v) is 0.510. The lowest BCUT2D eigenvalue weighted by molar-refractivity contribution is 0.0726. The molecule has 36 valence electrons. The zero-order valence-electron chi connectivity index (χ0n) is 3.24. The minimum atomic E-state index is 0.493. The predicted octanol–water partition coefficient (Wildman–Crippen LogP) is -0.387. The average molecular weight is 85.9 g/mol. The van der Waals surface area contributed by atoms with Crippen LogP contribution in [0.3, 0.4) is 0 Å². The van der Waals surface area contributed by atoms with E-state index in [1.807, 2.05) is 0 Å². The first-order valence-electron chi connectivity index (χ1n) is 2.08. The summed E-state index contributed by atoms with van der Waals surface area (Å²) >= 11 is 0. The van der Waals surface area contributed by atoms with Gasteiger partial charge in [-0.3, -0.25) is 0 Å². The van der Waals surface area contributed by atoms with Crippen LogP contribution in [-0.2, 0) is 4.28 Å². The van der Waals surface area contributed by atoms with Gasteiger partial charge in [0, 0.05) is 12.8 Å². The van der Waals surface area contributed by atoms with Gasteiger partial charge in [0.1, 0.15) is 0 Å². The van der Waals surface area contributed by atoms with Crippen LogP contribution < -0.4 is 0 Å². The van der Waals surface area contributed by atoms with Gasteiger partial charge >= 0.3 is 0 Å². The molecule has 0 saturated carbocycles. The van der Waals surface area contributed by atoms with Crippen LogP contribution in [0.25, 0.3) is 0 Å². The standard InChI is InChI=1S/C4H11BO/c5-6-3-1-2-4-6/h1-4H2,5H3. The lowest BCUT2D eigenvalue weighted by Crippen LogP contribution is -2.02. The van der Waals surface area contributed by atoms with Gasteiger partial charge in [0.15, 0.2) is 0 Å². The first-order valence-corrected chi connectivity index (χ1v) is 2.08. The molecule has 0 atom stereocenters. The summed E-state index contributed by atoms with van der Waals surface area (Å²) in [7, 11) is 0.493. The molecule has 0 spiro atoms. The predicted molar refractivity (Wildman–Crippen MR) is 30.0 cm³/mol. The Morgan fingerprint density at radius 2 is 1.67 bits per heavy atom. The van der Waals surface area contributed by atoms with Crippen molar-refractivity contribution in [3.05, 3.63) is 0 Å². The van der Waals surface area contributed by atoms with Gasteiger partial charge in [-0.25, -0.2) is 0 Å². The van der Waals surface area contributed by atoms with Gasteiger partial charge in [-0.05, 0) is 0 Å². The van der Waals surface area contributed by atoms with Crippen molar-refractivity contribution in [3.63, 3.8) is 0 Å². The molecule has 0 radical (unpaired) electrons. The highest BCUT2D eigenvalue weighted by Crippen LogP contribution is 2.06. The second-order valence-electron chi connectivity index (χ2n) is 1.32. The Kier molecular flexibility index (Phi) is 1.15. The molecular weight excluding hydrogens is 74.9 g/mol. The molecule has 1 nitrogen and oxygen atoms in total. The van der Waals surface area contributed by atoms with Gasteiger partial charge in [0.25, 0.3) is 8.05 Å². The number of hydrogen-bond acceptors (Lipinski definition) is 0. The van der Waals surface area contributed by atoms with Crippen LogP contribution in [-0.4, -0.2) is 21.3 Å². The number of rotatable bonds is 0. The van der Waals surface area contributed by atoms with Crippen LogP contribution in [0.4, 0.5) is 0 Å². The van der Waals surface area contributed by atoms with Crippen molar-refractivity contribution >= 4 is 8.05 Å². The van der Waals surface area contributed by atoms with Crippen LogP contribution >= 0.6 is 0 Å². The zero-order valence-corrected chi connectivity index (χ0v) is 3.24. The van der Waals surface area contributed by atoms with E-state index in [1.165, 1.54) is 26.1 Å². The lowest BCUT2D eigenvalue weighted by atomic mass is 10.4. The van der Waals surface area contributed by atoms with Crippen LogP contribution in [0.5, 0.6) is 0 Å². The molecule has 2 heteroatoms. The van der Waals surface area contributed by atoms with Gasteiger partial charge in [-0.2, -0.15) is 0 Å². The summed E-state index contributed by atoms with van der Waals surface area (Å²) in [6.07, 6.45) is 2.88. The molecule has 0 unspecified atom stereocenters. The van der Waals surface area contributed by atoms with E-state index in [2.05, 4.69) is 4.28 Å². The Morgan fingerprint density at radius 1 is 1.17 bits per heavy atom. The second-order valence-corrected chi connectivity index (χ2v) is 1.32. The first kappa shape index (κ1) is 4.19. The molecule has 0 amide bonds. The normalized spacial score (nSPS) is 25.5. The third kappa shape index (κ3) is 0.746. The summed E-state index contributed by atoms with van der Waals surface area (Å²) in [5, 5.41) is 0. The molecular formula is C4H11BO. The van der Waals surface area contributed by atoms with Gasteiger partial charge in [0.05, 0.1) is 13.2 Å². The average Bonchev–Trinajstić information content (AvgIpc) is 1.86. The summed E-state index contributed by atoms with van der Waals surface area (Å²) in [4.78, 5) is 0. The smallest absolute Gasteiger partial charge is 0.255 e. The van der Waals surface area contributed by atoms with Crippen molar-refractivity contribution in [2.45, 2.75) is 12.8 Å². The fourth-order valence-electron chi connectivity index (χ4n) is 0.510. The van der Waals surface area contributed by atoms with Crippen molar-refractivity contribution in [1.82, 2.24) is 0 Å². The molecule has 1 aliphatic rings. The van der Waals surface area contributed by atoms with Crippen LogP contribution in [0.2, 0.25) is 0 Å². The van der Waals surface area contributed by atoms with E-state index in [1.54, 1.807) is 0 Å². The maximum absolute atomic E-state index is 3.27. The van der Waals surface area contributed by atoms with Gasteiger partial charge in [0.2, 0.25) is 0 Å². The molecule has 6 heavy (non-hydrogen) atoms. The topological polar surface area (TPSA) is 2.70 Å². The molecule has 1 rings (SSSR count). The van der Waals surface area contributed by atoms with Gasteiger partial charge in [-0.15, -0.1) is 0 Å². The van der Waals surface area contributed by atoms with Crippen LogP contribution in [0, 0.1) is 0 Å². The summed E-state index contributed by atoms with van der Waals surface area (Å²) in [6, 6.07) is 0. The Morgan fingerprint density at radius 3 is 1.83 bits per heavy atom. The Bertz CT molecular complexity index is 40.8. The Balaban J connectivity index is 2.18. The zero-order chi connectivity index (χ0) is 4.41. The van der Waals surface area contributed by atoms with Crippen molar-refractivity contribution < 1.29 is 4.28 Å². The summed E-state index contributed by atoms with van der Waals surface area (Å²) in [5.74, 6) is 0. The molecule has 0 aromatic heterocycles. The molecule has 1 saturated heterocycles. The molecule has 0 aromatic carbocycles. The van der Waals surface area contributed by atoms with Gasteiger partial charge < -0.3 is 4.28 Å². The van der Waals surface area contributed by atoms with Crippen LogP contribution in [0.1, 0.15) is 12.8 Å². The molecule has 1 aliphatic heterocycles. The van der Waals surface area contributed by atoms with E-state index in [4.69, 9.17) is 0 Å². The van der Waals surface area contributed by atoms with E-state index in [9.17, 15) is 0 Å². The minimum absolute atomic E-state index is 0.493.